The SMILES string of the molecule is CC(C)[C@H](C)C=C[C@H](C)[C@H]1CC[C@H]2C3=CC[C@H]4C[C@@H](O)CC[C@]4(C)[C@H]3CC[C@]12C. The van der Waals surface area contributed by atoms with Crippen LogP contribution in [0.15, 0.2) is 23.8 Å². The Morgan fingerprint density at radius 1 is 0.931 bits per heavy atom. The second-order valence-corrected chi connectivity index (χ2v) is 12.3. The Hall–Kier alpha value is -0.560. The van der Waals surface area contributed by atoms with Crippen LogP contribution >= 0.6 is 0 Å². The van der Waals surface area contributed by atoms with Crippen LogP contribution in [0.1, 0.15) is 92.9 Å². The van der Waals surface area contributed by atoms with Gasteiger partial charge in [0.1, 0.15) is 0 Å². The standard InChI is InChI=1S/C28H46O/c1-18(2)19(3)7-8-20(4)24-11-12-25-23-10-9-21-17-22(29)13-15-27(21,5)26(23)14-16-28(24,25)6/h7-8,10,18-22,24-26,29H,9,11-17H2,1-6H3/t19-,20+,21+,22+,24-,25+,26+,27+,28-/m1/s1. The van der Waals surface area contributed by atoms with Crippen LogP contribution < -0.4 is 0 Å². The molecule has 1 N–H and O–H groups in total. The predicted octanol–water partition coefficient (Wildman–Crippen LogP) is 7.41. The van der Waals surface area contributed by atoms with Crippen molar-refractivity contribution in [1.29, 1.82) is 0 Å². The molecule has 0 saturated heterocycles. The molecule has 0 aliphatic heterocycles. The number of aliphatic hydroxyl groups excluding tert-OH is 1. The molecule has 0 spiro atoms. The Morgan fingerprint density at radius 2 is 1.62 bits per heavy atom. The van der Waals surface area contributed by atoms with Crippen LogP contribution in [-0.4, -0.2) is 11.2 Å². The number of fused-ring (bicyclic) bond motifs is 5. The normalized spacial score (nSPS) is 46.8. The van der Waals surface area contributed by atoms with Crippen molar-refractivity contribution in [2.75, 3.05) is 0 Å². The van der Waals surface area contributed by atoms with E-state index >= 15 is 0 Å². The molecule has 9 atom stereocenters. The van der Waals surface area contributed by atoms with E-state index in [0.717, 1.165) is 36.5 Å². The van der Waals surface area contributed by atoms with E-state index in [0.29, 0.717) is 28.6 Å². The van der Waals surface area contributed by atoms with Crippen molar-refractivity contribution in [3.63, 3.8) is 0 Å². The van der Waals surface area contributed by atoms with Crippen molar-refractivity contribution in [3.8, 4) is 0 Å². The first-order chi connectivity index (χ1) is 13.7. The Kier molecular flexibility index (Phi) is 5.86. The summed E-state index contributed by atoms with van der Waals surface area (Å²) in [5.74, 6) is 5.25. The molecule has 4 rings (SSSR count). The number of hydrogen-bond donors (Lipinski definition) is 1. The van der Waals surface area contributed by atoms with Crippen LogP contribution in [-0.2, 0) is 0 Å². The van der Waals surface area contributed by atoms with Gasteiger partial charge in [-0.15, -0.1) is 0 Å². The largest absolute Gasteiger partial charge is 0.393 e. The van der Waals surface area contributed by atoms with Gasteiger partial charge < -0.3 is 5.11 Å². The maximum atomic E-state index is 10.2. The van der Waals surface area contributed by atoms with E-state index in [1.54, 1.807) is 0 Å². The predicted molar refractivity (Wildman–Crippen MR) is 124 cm³/mol. The van der Waals surface area contributed by atoms with Crippen molar-refractivity contribution in [2.24, 2.45) is 52.3 Å². The summed E-state index contributed by atoms with van der Waals surface area (Å²) >= 11 is 0. The molecule has 29 heavy (non-hydrogen) atoms. The van der Waals surface area contributed by atoms with Crippen molar-refractivity contribution in [3.05, 3.63) is 23.8 Å². The van der Waals surface area contributed by atoms with E-state index in [1.165, 1.54) is 38.5 Å². The summed E-state index contributed by atoms with van der Waals surface area (Å²) in [6, 6.07) is 0. The van der Waals surface area contributed by atoms with Gasteiger partial charge in [0.05, 0.1) is 6.10 Å². The molecular formula is C28H46O. The Morgan fingerprint density at radius 3 is 2.34 bits per heavy atom. The van der Waals surface area contributed by atoms with Crippen LogP contribution in [0.3, 0.4) is 0 Å². The highest BCUT2D eigenvalue weighted by Crippen LogP contribution is 2.66. The fourth-order valence-electron chi connectivity index (χ4n) is 8.10. The lowest BCUT2D eigenvalue weighted by Crippen LogP contribution is -2.49. The van der Waals surface area contributed by atoms with Gasteiger partial charge in [-0.25, -0.2) is 0 Å². The highest BCUT2D eigenvalue weighted by atomic mass is 16.3. The summed E-state index contributed by atoms with van der Waals surface area (Å²) in [6.07, 6.45) is 17.8. The summed E-state index contributed by atoms with van der Waals surface area (Å²) < 4.78 is 0. The molecule has 164 valence electrons. The van der Waals surface area contributed by atoms with E-state index in [1.807, 2.05) is 5.57 Å². The van der Waals surface area contributed by atoms with Gasteiger partial charge in [-0.1, -0.05) is 65.3 Å². The van der Waals surface area contributed by atoms with E-state index in [-0.39, 0.29) is 6.10 Å². The number of allylic oxidation sites excluding steroid dienone is 4. The zero-order valence-corrected chi connectivity index (χ0v) is 20.0. The minimum atomic E-state index is -0.0476. The van der Waals surface area contributed by atoms with Gasteiger partial charge in [0, 0.05) is 0 Å². The quantitative estimate of drug-likeness (QED) is 0.489. The number of aliphatic hydroxyl groups is 1. The molecule has 1 heteroatoms. The molecule has 3 fully saturated rings. The summed E-state index contributed by atoms with van der Waals surface area (Å²) in [5.41, 5.74) is 2.79. The van der Waals surface area contributed by atoms with Crippen LogP contribution in [0.4, 0.5) is 0 Å². The van der Waals surface area contributed by atoms with Crippen molar-refractivity contribution in [1.82, 2.24) is 0 Å². The van der Waals surface area contributed by atoms with Gasteiger partial charge in [-0.05, 0) is 104 Å². The fraction of sp³-hybridized carbons (Fsp3) is 0.857. The second kappa shape index (κ2) is 7.85. The maximum absolute atomic E-state index is 10.2. The molecule has 4 aliphatic carbocycles. The molecule has 3 saturated carbocycles. The lowest BCUT2D eigenvalue weighted by atomic mass is 9.47. The van der Waals surface area contributed by atoms with Gasteiger partial charge in [-0.2, -0.15) is 0 Å². The topological polar surface area (TPSA) is 20.2 Å². The van der Waals surface area contributed by atoms with Crippen LogP contribution in [0, 0.1) is 52.3 Å². The van der Waals surface area contributed by atoms with E-state index in [9.17, 15) is 5.11 Å². The number of hydrogen-bond acceptors (Lipinski definition) is 1. The molecule has 0 aromatic heterocycles. The first-order valence-electron chi connectivity index (χ1n) is 12.7. The van der Waals surface area contributed by atoms with Crippen LogP contribution in [0.5, 0.6) is 0 Å². The summed E-state index contributed by atoms with van der Waals surface area (Å²) in [4.78, 5) is 0. The van der Waals surface area contributed by atoms with E-state index in [2.05, 4.69) is 59.8 Å². The van der Waals surface area contributed by atoms with Gasteiger partial charge in [0.2, 0.25) is 0 Å². The molecule has 0 radical (unpaired) electrons. The van der Waals surface area contributed by atoms with Gasteiger partial charge in [-0.3, -0.25) is 0 Å². The number of rotatable bonds is 4. The first kappa shape index (κ1) is 21.7. The third-order valence-electron chi connectivity index (χ3n) is 10.5. The summed E-state index contributed by atoms with van der Waals surface area (Å²) in [5, 5.41) is 10.2. The summed E-state index contributed by atoms with van der Waals surface area (Å²) in [6.45, 7) is 14.7. The summed E-state index contributed by atoms with van der Waals surface area (Å²) in [7, 11) is 0. The third kappa shape index (κ3) is 3.58. The van der Waals surface area contributed by atoms with Gasteiger partial charge in [0.25, 0.3) is 0 Å². The lowest BCUT2D eigenvalue weighted by molar-refractivity contribution is -0.0414. The van der Waals surface area contributed by atoms with Crippen molar-refractivity contribution < 1.29 is 5.11 Å². The minimum Gasteiger partial charge on any atom is -0.393 e. The zero-order chi connectivity index (χ0) is 21.0. The molecule has 0 bridgehead atoms. The lowest BCUT2D eigenvalue weighted by Gasteiger charge is -2.57. The third-order valence-corrected chi connectivity index (χ3v) is 10.5. The highest BCUT2D eigenvalue weighted by Gasteiger charge is 2.57. The van der Waals surface area contributed by atoms with Crippen molar-refractivity contribution >= 4 is 0 Å². The van der Waals surface area contributed by atoms with Gasteiger partial charge >= 0.3 is 0 Å². The molecule has 0 unspecified atom stereocenters. The molecule has 0 amide bonds. The average molecular weight is 399 g/mol. The molecule has 0 aromatic rings. The second-order valence-electron chi connectivity index (χ2n) is 12.3. The van der Waals surface area contributed by atoms with Crippen LogP contribution in [0.2, 0.25) is 0 Å². The Labute approximate surface area is 180 Å². The molecule has 4 aliphatic rings. The van der Waals surface area contributed by atoms with E-state index in [4.69, 9.17) is 0 Å². The van der Waals surface area contributed by atoms with E-state index < -0.39 is 0 Å². The molecule has 0 heterocycles. The average Bonchev–Trinajstić information content (AvgIpc) is 3.03. The smallest absolute Gasteiger partial charge is 0.0543 e. The molecule has 1 nitrogen and oxygen atoms in total. The van der Waals surface area contributed by atoms with Crippen LogP contribution in [0.25, 0.3) is 0 Å². The Balaban J connectivity index is 1.54. The monoisotopic (exact) mass is 398 g/mol. The minimum absolute atomic E-state index is 0.0476. The van der Waals surface area contributed by atoms with Crippen molar-refractivity contribution in [2.45, 2.75) is 99.0 Å². The molecule has 0 aromatic carbocycles. The zero-order valence-electron chi connectivity index (χ0n) is 20.0. The maximum Gasteiger partial charge on any atom is 0.0543 e. The Bertz CT molecular complexity index is 659. The fourth-order valence-corrected chi connectivity index (χ4v) is 8.10. The highest BCUT2D eigenvalue weighted by molar-refractivity contribution is 5.28. The first-order valence-corrected chi connectivity index (χ1v) is 12.7. The van der Waals surface area contributed by atoms with Gasteiger partial charge in [0.15, 0.2) is 0 Å². The molecular weight excluding hydrogens is 352 g/mol.